The third-order valence-electron chi connectivity index (χ3n) is 5.46. The van der Waals surface area contributed by atoms with Crippen molar-refractivity contribution in [3.05, 3.63) is 23.9 Å². The molecule has 3 saturated carbocycles. The highest BCUT2D eigenvalue weighted by Gasteiger charge is 2.41. The zero-order valence-electron chi connectivity index (χ0n) is 14.1. The van der Waals surface area contributed by atoms with Gasteiger partial charge in [-0.2, -0.15) is 13.2 Å². The van der Waals surface area contributed by atoms with Crippen LogP contribution in [0.15, 0.2) is 18.3 Å². The van der Waals surface area contributed by atoms with Gasteiger partial charge in [-0.25, -0.2) is 4.98 Å². The van der Waals surface area contributed by atoms with Gasteiger partial charge < -0.3 is 10.1 Å². The molecule has 0 spiro atoms. The molecule has 1 N–H and O–H groups in total. The molecule has 138 valence electrons. The van der Waals surface area contributed by atoms with E-state index in [1.54, 1.807) is 6.07 Å². The van der Waals surface area contributed by atoms with Crippen molar-refractivity contribution < 1.29 is 22.7 Å². The van der Waals surface area contributed by atoms with Gasteiger partial charge in [0.15, 0.2) is 6.61 Å². The van der Waals surface area contributed by atoms with Gasteiger partial charge in [-0.3, -0.25) is 4.79 Å². The minimum absolute atomic E-state index is 0.00919. The van der Waals surface area contributed by atoms with E-state index in [0.29, 0.717) is 12.0 Å². The first-order valence-corrected chi connectivity index (χ1v) is 8.75. The van der Waals surface area contributed by atoms with Crippen molar-refractivity contribution in [2.45, 2.75) is 57.7 Å². The van der Waals surface area contributed by atoms with Crippen molar-refractivity contribution in [3.63, 3.8) is 0 Å². The lowest BCUT2D eigenvalue weighted by atomic mass is 9.59. The van der Waals surface area contributed by atoms with Gasteiger partial charge in [-0.05, 0) is 61.5 Å². The van der Waals surface area contributed by atoms with E-state index in [0.717, 1.165) is 25.2 Å². The number of aromatic nitrogens is 1. The molecule has 4 rings (SSSR count). The average Bonchev–Trinajstić information content (AvgIpc) is 2.59. The number of nitrogens with one attached hydrogen (secondary N) is 1. The summed E-state index contributed by atoms with van der Waals surface area (Å²) in [7, 11) is 0. The number of halogens is 3. The van der Waals surface area contributed by atoms with Crippen LogP contribution in [0.2, 0.25) is 0 Å². The second-order valence-corrected chi connectivity index (χ2v) is 7.34. The van der Waals surface area contributed by atoms with Gasteiger partial charge in [-0.1, -0.05) is 0 Å². The lowest BCUT2D eigenvalue weighted by Crippen LogP contribution is -2.38. The van der Waals surface area contributed by atoms with Gasteiger partial charge in [0.1, 0.15) is 0 Å². The normalized spacial score (nSPS) is 25.6. The first-order chi connectivity index (χ1) is 11.8. The second kappa shape index (κ2) is 7.22. The number of amides is 1. The highest BCUT2D eigenvalue weighted by atomic mass is 19.4. The molecule has 0 aromatic carbocycles. The van der Waals surface area contributed by atoms with Gasteiger partial charge in [0.2, 0.25) is 11.8 Å². The molecule has 1 aromatic heterocycles. The van der Waals surface area contributed by atoms with E-state index in [1.807, 2.05) is 0 Å². The molecule has 2 bridgehead atoms. The number of hydrogen-bond donors (Lipinski definition) is 1. The summed E-state index contributed by atoms with van der Waals surface area (Å²) in [4.78, 5) is 16.1. The van der Waals surface area contributed by atoms with Crippen molar-refractivity contribution >= 4 is 5.91 Å². The standard InChI is InChI=1S/C18H23F3N2O2/c19-18(20,21)12-25-16-9-14(4-8-22-16)11-23-15(24)10-17-5-1-13(2-6-17)3-7-17/h4,8-9,13H,1-3,5-7,10-12H2,(H,23,24). The molecule has 0 radical (unpaired) electrons. The Labute approximate surface area is 145 Å². The average molecular weight is 356 g/mol. The largest absolute Gasteiger partial charge is 0.468 e. The van der Waals surface area contributed by atoms with Crippen LogP contribution in [0.4, 0.5) is 13.2 Å². The van der Waals surface area contributed by atoms with Crippen LogP contribution >= 0.6 is 0 Å². The van der Waals surface area contributed by atoms with Crippen LogP contribution in [0.5, 0.6) is 5.88 Å². The first-order valence-electron chi connectivity index (χ1n) is 8.75. The summed E-state index contributed by atoms with van der Waals surface area (Å²) in [6.07, 6.45) is 4.63. The summed E-state index contributed by atoms with van der Waals surface area (Å²) >= 11 is 0. The number of alkyl halides is 3. The molecule has 3 aliphatic rings. The topological polar surface area (TPSA) is 51.2 Å². The highest BCUT2D eigenvalue weighted by Crippen LogP contribution is 2.52. The van der Waals surface area contributed by atoms with Crippen molar-refractivity contribution in [2.24, 2.45) is 11.3 Å². The summed E-state index contributed by atoms with van der Waals surface area (Å²) in [5.74, 6) is 0.778. The SMILES string of the molecule is O=C(CC12CCC(CC1)CC2)NCc1ccnc(OCC(F)(F)F)c1. The Bertz CT molecular complexity index is 597. The summed E-state index contributed by atoms with van der Waals surface area (Å²) in [6.45, 7) is -1.11. The molecule has 3 aliphatic carbocycles. The first kappa shape index (κ1) is 18.0. The maximum atomic E-state index is 12.3. The van der Waals surface area contributed by atoms with E-state index in [1.165, 1.54) is 31.5 Å². The van der Waals surface area contributed by atoms with E-state index in [-0.39, 0.29) is 23.7 Å². The van der Waals surface area contributed by atoms with Crippen LogP contribution in [-0.2, 0) is 11.3 Å². The smallest absolute Gasteiger partial charge is 0.422 e. The molecule has 25 heavy (non-hydrogen) atoms. The van der Waals surface area contributed by atoms with E-state index in [2.05, 4.69) is 15.0 Å². The molecule has 3 fully saturated rings. The third-order valence-corrected chi connectivity index (χ3v) is 5.46. The summed E-state index contributed by atoms with van der Waals surface area (Å²) in [6, 6.07) is 3.08. The Morgan fingerprint density at radius 1 is 1.28 bits per heavy atom. The Hall–Kier alpha value is -1.79. The molecule has 1 heterocycles. The van der Waals surface area contributed by atoms with Crippen LogP contribution in [0, 0.1) is 11.3 Å². The summed E-state index contributed by atoms with van der Waals surface area (Å²) < 4.78 is 41.2. The number of pyridine rings is 1. The van der Waals surface area contributed by atoms with Crippen LogP contribution in [0.1, 0.15) is 50.5 Å². The van der Waals surface area contributed by atoms with Crippen molar-refractivity contribution in [3.8, 4) is 5.88 Å². The summed E-state index contributed by atoms with van der Waals surface area (Å²) in [5, 5.41) is 2.88. The molecule has 1 amide bonds. The Balaban J connectivity index is 1.48. The fraction of sp³-hybridized carbons (Fsp3) is 0.667. The minimum atomic E-state index is -4.40. The van der Waals surface area contributed by atoms with Crippen LogP contribution in [0.3, 0.4) is 0 Å². The van der Waals surface area contributed by atoms with Gasteiger partial charge in [0, 0.05) is 25.2 Å². The fourth-order valence-electron chi connectivity index (χ4n) is 4.00. The van der Waals surface area contributed by atoms with Crippen molar-refractivity contribution in [1.82, 2.24) is 10.3 Å². The Morgan fingerprint density at radius 2 is 1.96 bits per heavy atom. The Morgan fingerprint density at radius 3 is 2.60 bits per heavy atom. The number of ether oxygens (including phenoxy) is 1. The van der Waals surface area contributed by atoms with Gasteiger partial charge in [0.25, 0.3) is 0 Å². The van der Waals surface area contributed by atoms with Crippen molar-refractivity contribution in [2.75, 3.05) is 6.61 Å². The molecule has 0 unspecified atom stereocenters. The van der Waals surface area contributed by atoms with Crippen molar-refractivity contribution in [1.29, 1.82) is 0 Å². The molecule has 0 atom stereocenters. The molecular weight excluding hydrogens is 333 g/mol. The number of fused-ring (bicyclic) bond motifs is 3. The van der Waals surface area contributed by atoms with E-state index in [9.17, 15) is 18.0 Å². The van der Waals surface area contributed by atoms with E-state index >= 15 is 0 Å². The number of rotatable bonds is 6. The maximum Gasteiger partial charge on any atom is 0.422 e. The lowest BCUT2D eigenvalue weighted by Gasteiger charge is -2.46. The fourth-order valence-corrected chi connectivity index (χ4v) is 4.00. The predicted octanol–water partition coefficient (Wildman–Crippen LogP) is 4.00. The Kier molecular flexibility index (Phi) is 5.20. The minimum Gasteiger partial charge on any atom is -0.468 e. The number of nitrogens with zero attached hydrogens (tertiary/aromatic N) is 1. The number of hydrogen-bond acceptors (Lipinski definition) is 3. The molecule has 0 saturated heterocycles. The maximum absolute atomic E-state index is 12.3. The quantitative estimate of drug-likeness (QED) is 0.838. The highest BCUT2D eigenvalue weighted by molar-refractivity contribution is 5.76. The summed E-state index contributed by atoms with van der Waals surface area (Å²) in [5.41, 5.74) is 0.836. The van der Waals surface area contributed by atoms with Gasteiger partial charge in [0.05, 0.1) is 0 Å². The molecule has 1 aromatic rings. The van der Waals surface area contributed by atoms with Crippen LogP contribution < -0.4 is 10.1 Å². The van der Waals surface area contributed by atoms with E-state index in [4.69, 9.17) is 0 Å². The van der Waals surface area contributed by atoms with Crippen LogP contribution in [0.25, 0.3) is 0 Å². The lowest BCUT2D eigenvalue weighted by molar-refractivity contribution is -0.154. The third kappa shape index (κ3) is 5.09. The molecule has 7 heteroatoms. The zero-order valence-corrected chi connectivity index (χ0v) is 14.1. The number of carbonyl (C=O) groups excluding carboxylic acids is 1. The van der Waals surface area contributed by atoms with E-state index < -0.39 is 12.8 Å². The predicted molar refractivity (Wildman–Crippen MR) is 85.9 cm³/mol. The van der Waals surface area contributed by atoms with Gasteiger partial charge >= 0.3 is 6.18 Å². The number of carbonyl (C=O) groups is 1. The second-order valence-electron chi connectivity index (χ2n) is 7.34. The molecule has 0 aliphatic heterocycles. The monoisotopic (exact) mass is 356 g/mol. The van der Waals surface area contributed by atoms with Gasteiger partial charge in [-0.15, -0.1) is 0 Å². The zero-order chi connectivity index (χ0) is 17.9. The molecule has 4 nitrogen and oxygen atoms in total. The van der Waals surface area contributed by atoms with Crippen LogP contribution in [-0.4, -0.2) is 23.7 Å². The molecular formula is C18H23F3N2O2.